The maximum atomic E-state index is 13.1. The average molecular weight is 812 g/mol. The summed E-state index contributed by atoms with van der Waals surface area (Å²) in [5.74, 6) is 0.298. The molecule has 3 N–H and O–H groups in total. The highest BCUT2D eigenvalue weighted by atomic mass is 35.5. The number of nitrogens with one attached hydrogen (secondary N) is 3. The first kappa shape index (κ1) is 40.0. The Morgan fingerprint density at radius 1 is 1.00 bits per heavy atom. The highest BCUT2D eigenvalue weighted by Gasteiger charge is 2.40. The Morgan fingerprint density at radius 2 is 1.79 bits per heavy atom. The number of carbonyl (C=O) groups is 4. The Morgan fingerprint density at radius 3 is 2.54 bits per heavy atom. The van der Waals surface area contributed by atoms with E-state index in [4.69, 9.17) is 21.3 Å². The van der Waals surface area contributed by atoms with E-state index in [1.165, 1.54) is 4.90 Å². The molecule has 3 aromatic carbocycles. The molecule has 7 rings (SSSR count). The van der Waals surface area contributed by atoms with E-state index < -0.39 is 19.1 Å². The minimum atomic E-state index is -2.49. The molecular weight excluding hydrogens is 765 g/mol. The lowest BCUT2D eigenvalue weighted by molar-refractivity contribution is -0.137. The molecule has 0 bridgehead atoms. The molecule has 2 fully saturated rings. The lowest BCUT2D eigenvalue weighted by atomic mass is 10.0. The minimum absolute atomic E-state index is 0.0479. The van der Waals surface area contributed by atoms with Crippen LogP contribution in [0.1, 0.15) is 70.7 Å². The summed E-state index contributed by atoms with van der Waals surface area (Å²) in [6.07, 6.45) is 4.88. The second-order valence-electron chi connectivity index (χ2n) is 15.1. The van der Waals surface area contributed by atoms with E-state index in [1.54, 1.807) is 38.8 Å². The van der Waals surface area contributed by atoms with Gasteiger partial charge < -0.3 is 29.7 Å². The second kappa shape index (κ2) is 17.1. The molecule has 13 nitrogen and oxygen atoms in total. The number of nitrogens with zero attached hydrogens (tertiary/aromatic N) is 4. The fourth-order valence-corrected chi connectivity index (χ4v) is 9.36. The van der Waals surface area contributed by atoms with Gasteiger partial charge in [0.05, 0.1) is 17.8 Å². The molecule has 3 aliphatic rings. The average Bonchev–Trinajstić information content (AvgIpc) is 3.52. The molecule has 1 aromatic heterocycles. The van der Waals surface area contributed by atoms with Crippen LogP contribution in [0.4, 0.5) is 11.4 Å². The number of carbonyl (C=O) groups excluding carboxylic acids is 4. The van der Waals surface area contributed by atoms with Crippen molar-refractivity contribution in [3.63, 3.8) is 0 Å². The van der Waals surface area contributed by atoms with Gasteiger partial charge in [0.15, 0.2) is 0 Å². The standard InChI is InChI=1S/C42H47ClN7O6P/c1-56-36-23-29(12-11-26(36)22-38-45-24-32(43)34(47-38)21-27-7-4-5-10-37(27)57(2,3)55)49-19-16-28(17-20-49)46-40(52)15-18-44-33-9-6-8-30-31(33)25-50(42(30)54)35-13-14-39(51)48-41(35)53/h4-12,23-24,28,35,44H,13-22,25H2,1-3H3,(H,46,52)(H,48,51,53). The Labute approximate surface area is 337 Å². The first-order valence-electron chi connectivity index (χ1n) is 19.2. The number of fused-ring (bicyclic) bond motifs is 1. The first-order chi connectivity index (χ1) is 27.4. The molecule has 4 aromatic rings. The Kier molecular flexibility index (Phi) is 12.0. The van der Waals surface area contributed by atoms with Crippen molar-refractivity contribution in [2.24, 2.45) is 0 Å². The quantitative estimate of drug-likeness (QED) is 0.125. The summed E-state index contributed by atoms with van der Waals surface area (Å²) in [5.41, 5.74) is 5.67. The molecule has 4 amide bonds. The van der Waals surface area contributed by atoms with E-state index >= 15 is 0 Å². The number of hydrogen-bond donors (Lipinski definition) is 3. The number of aromatic nitrogens is 2. The van der Waals surface area contributed by atoms with Gasteiger partial charge in [-0.25, -0.2) is 9.97 Å². The van der Waals surface area contributed by atoms with Crippen LogP contribution in [-0.4, -0.2) is 90.7 Å². The minimum Gasteiger partial charge on any atom is -0.496 e. The van der Waals surface area contributed by atoms with Crippen molar-refractivity contribution in [1.82, 2.24) is 25.5 Å². The molecule has 298 valence electrons. The second-order valence-corrected chi connectivity index (χ2v) is 18.7. The first-order valence-corrected chi connectivity index (χ1v) is 22.2. The summed E-state index contributed by atoms with van der Waals surface area (Å²) in [4.78, 5) is 63.3. The number of hydrogen-bond acceptors (Lipinski definition) is 10. The van der Waals surface area contributed by atoms with E-state index in [2.05, 4.69) is 31.9 Å². The molecule has 3 aliphatic heterocycles. The molecule has 1 unspecified atom stereocenters. The van der Waals surface area contributed by atoms with E-state index in [0.29, 0.717) is 47.9 Å². The third-order valence-corrected chi connectivity index (χ3v) is 12.8. The van der Waals surface area contributed by atoms with Gasteiger partial charge >= 0.3 is 0 Å². The van der Waals surface area contributed by atoms with Gasteiger partial charge in [0.2, 0.25) is 17.7 Å². The zero-order valence-electron chi connectivity index (χ0n) is 32.3. The van der Waals surface area contributed by atoms with Crippen LogP contribution in [-0.2, 0) is 38.3 Å². The maximum absolute atomic E-state index is 13.1. The number of ether oxygens (including phenoxy) is 1. The number of halogens is 1. The van der Waals surface area contributed by atoms with Gasteiger partial charge in [-0.3, -0.25) is 24.5 Å². The van der Waals surface area contributed by atoms with Crippen molar-refractivity contribution in [3.8, 4) is 5.75 Å². The summed E-state index contributed by atoms with van der Waals surface area (Å²) in [6.45, 7) is 5.73. The van der Waals surface area contributed by atoms with Crippen molar-refractivity contribution in [1.29, 1.82) is 0 Å². The number of benzene rings is 3. The number of imide groups is 1. The van der Waals surface area contributed by atoms with Crippen molar-refractivity contribution in [2.45, 2.75) is 63.6 Å². The topological polar surface area (TPSA) is 163 Å². The molecule has 15 heteroatoms. The van der Waals surface area contributed by atoms with Crippen LogP contribution in [0, 0.1) is 0 Å². The predicted molar refractivity (Wildman–Crippen MR) is 220 cm³/mol. The van der Waals surface area contributed by atoms with Crippen molar-refractivity contribution in [2.75, 3.05) is 50.3 Å². The van der Waals surface area contributed by atoms with Gasteiger partial charge in [-0.1, -0.05) is 48.0 Å². The molecule has 0 aliphatic carbocycles. The molecule has 0 radical (unpaired) electrons. The molecule has 4 heterocycles. The lowest BCUT2D eigenvalue weighted by Crippen LogP contribution is -2.52. The summed E-state index contributed by atoms with van der Waals surface area (Å²) in [5, 5.41) is 10.1. The summed E-state index contributed by atoms with van der Waals surface area (Å²) in [6, 6.07) is 18.6. The van der Waals surface area contributed by atoms with Crippen LogP contribution in [0.3, 0.4) is 0 Å². The van der Waals surface area contributed by atoms with Crippen molar-refractivity contribution in [3.05, 3.63) is 106 Å². The highest BCUT2D eigenvalue weighted by molar-refractivity contribution is 7.70. The van der Waals surface area contributed by atoms with E-state index in [1.807, 2.05) is 42.5 Å². The SMILES string of the molecule is COc1cc(N2CCC(NC(=O)CCNc3cccc4c3CN(C3CCC(=O)NC3=O)C4=O)CC2)ccc1Cc1ncc(Cl)c(Cc2ccccc2P(C)(C)=O)n1. The van der Waals surface area contributed by atoms with Gasteiger partial charge in [0.25, 0.3) is 5.91 Å². The number of rotatable bonds is 13. The third kappa shape index (κ3) is 9.16. The van der Waals surface area contributed by atoms with E-state index in [9.17, 15) is 23.7 Å². The maximum Gasteiger partial charge on any atom is 0.255 e. The summed E-state index contributed by atoms with van der Waals surface area (Å²) >= 11 is 6.54. The van der Waals surface area contributed by atoms with Gasteiger partial charge in [-0.2, -0.15) is 0 Å². The highest BCUT2D eigenvalue weighted by Crippen LogP contribution is 2.37. The fourth-order valence-electron chi connectivity index (χ4n) is 7.91. The molecule has 2 saturated heterocycles. The number of methoxy groups -OCH3 is 1. The monoisotopic (exact) mass is 811 g/mol. The zero-order chi connectivity index (χ0) is 40.3. The van der Waals surface area contributed by atoms with Crippen LogP contribution in [0.5, 0.6) is 5.75 Å². The normalized spacial score (nSPS) is 17.3. The van der Waals surface area contributed by atoms with Crippen LogP contribution >= 0.6 is 18.7 Å². The van der Waals surface area contributed by atoms with Gasteiger partial charge in [-0.15, -0.1) is 0 Å². The third-order valence-electron chi connectivity index (χ3n) is 10.9. The number of piperidine rings is 2. The Balaban J connectivity index is 0.896. The molecule has 57 heavy (non-hydrogen) atoms. The number of amides is 4. The van der Waals surface area contributed by atoms with Crippen LogP contribution in [0.25, 0.3) is 0 Å². The predicted octanol–water partition coefficient (Wildman–Crippen LogP) is 4.92. The summed E-state index contributed by atoms with van der Waals surface area (Å²) < 4.78 is 18.7. The van der Waals surface area contributed by atoms with Crippen molar-refractivity contribution < 1.29 is 28.5 Å². The van der Waals surface area contributed by atoms with E-state index in [-0.39, 0.29) is 43.1 Å². The zero-order valence-corrected chi connectivity index (χ0v) is 34.0. The van der Waals surface area contributed by atoms with Crippen LogP contribution in [0.2, 0.25) is 5.02 Å². The molecule has 1 atom stereocenters. The van der Waals surface area contributed by atoms with Gasteiger partial charge in [0.1, 0.15) is 24.8 Å². The Hall–Kier alpha value is -5.26. The van der Waals surface area contributed by atoms with Crippen molar-refractivity contribution >= 4 is 59.1 Å². The van der Waals surface area contributed by atoms with Gasteiger partial charge in [0, 0.05) is 104 Å². The fraction of sp³-hybridized carbons (Fsp3) is 0.381. The molecule has 0 spiro atoms. The largest absolute Gasteiger partial charge is 0.496 e. The summed E-state index contributed by atoms with van der Waals surface area (Å²) in [7, 11) is -0.836. The molecular formula is C42H47ClN7O6P. The molecule has 0 saturated carbocycles. The lowest BCUT2D eigenvalue weighted by Gasteiger charge is -2.34. The van der Waals surface area contributed by atoms with Gasteiger partial charge in [-0.05, 0) is 56.4 Å². The smallest absolute Gasteiger partial charge is 0.255 e. The van der Waals surface area contributed by atoms with E-state index in [0.717, 1.165) is 65.1 Å². The van der Waals surface area contributed by atoms with Crippen LogP contribution < -0.4 is 30.9 Å². The van der Waals surface area contributed by atoms with Crippen LogP contribution in [0.15, 0.2) is 66.9 Å². The number of anilines is 2. The Bertz CT molecular complexity index is 2260.